The number of hydrogen-bond donors (Lipinski definition) is 1. The van der Waals surface area contributed by atoms with Gasteiger partial charge in [-0.2, -0.15) is 0 Å². The minimum Gasteiger partial charge on any atom is -0.338 e. The van der Waals surface area contributed by atoms with Crippen molar-refractivity contribution in [3.05, 3.63) is 35.1 Å². The predicted octanol–water partition coefficient (Wildman–Crippen LogP) is 2.76. The van der Waals surface area contributed by atoms with E-state index in [0.717, 1.165) is 24.8 Å². The number of rotatable bonds is 3. The van der Waals surface area contributed by atoms with Gasteiger partial charge in [-0.25, -0.2) is 4.39 Å². The summed E-state index contributed by atoms with van der Waals surface area (Å²) in [5.41, 5.74) is 6.66. The van der Waals surface area contributed by atoms with Gasteiger partial charge in [-0.3, -0.25) is 4.79 Å². The number of halogens is 2. The molecule has 2 N–H and O–H groups in total. The minimum atomic E-state index is -0.434. The fourth-order valence-corrected chi connectivity index (χ4v) is 2.69. The Kier molecular flexibility index (Phi) is 6.43. The Morgan fingerprint density at radius 2 is 2.25 bits per heavy atom. The second-order valence-corrected chi connectivity index (χ2v) is 5.32. The molecule has 2 rings (SSSR count). The SMILES string of the molecule is Cc1ccc(F)c(C(=O)N2CCCC(CCN)C2)c1.Cl. The van der Waals surface area contributed by atoms with E-state index in [1.807, 2.05) is 6.92 Å². The molecule has 1 atom stereocenters. The highest BCUT2D eigenvalue weighted by atomic mass is 35.5. The van der Waals surface area contributed by atoms with Gasteiger partial charge in [0.05, 0.1) is 5.56 Å². The monoisotopic (exact) mass is 300 g/mol. The minimum absolute atomic E-state index is 0. The van der Waals surface area contributed by atoms with Crippen molar-refractivity contribution in [2.24, 2.45) is 11.7 Å². The van der Waals surface area contributed by atoms with Crippen molar-refractivity contribution in [2.45, 2.75) is 26.2 Å². The van der Waals surface area contributed by atoms with Crippen molar-refractivity contribution in [1.82, 2.24) is 4.90 Å². The van der Waals surface area contributed by atoms with Gasteiger partial charge < -0.3 is 10.6 Å². The van der Waals surface area contributed by atoms with E-state index in [9.17, 15) is 9.18 Å². The van der Waals surface area contributed by atoms with Crippen LogP contribution in [-0.2, 0) is 0 Å². The van der Waals surface area contributed by atoms with E-state index in [-0.39, 0.29) is 23.9 Å². The van der Waals surface area contributed by atoms with Gasteiger partial charge in [-0.1, -0.05) is 11.6 Å². The molecule has 0 radical (unpaired) electrons. The molecular formula is C15H22ClFN2O. The Morgan fingerprint density at radius 3 is 2.95 bits per heavy atom. The van der Waals surface area contributed by atoms with Gasteiger partial charge in [0.15, 0.2) is 0 Å². The number of carbonyl (C=O) groups is 1. The molecule has 0 spiro atoms. The summed E-state index contributed by atoms with van der Waals surface area (Å²) >= 11 is 0. The first kappa shape index (κ1) is 16.9. The Labute approximate surface area is 125 Å². The fourth-order valence-electron chi connectivity index (χ4n) is 2.69. The van der Waals surface area contributed by atoms with Crippen molar-refractivity contribution < 1.29 is 9.18 Å². The third-order valence-electron chi connectivity index (χ3n) is 3.73. The van der Waals surface area contributed by atoms with Crippen LogP contribution in [0.4, 0.5) is 4.39 Å². The summed E-state index contributed by atoms with van der Waals surface area (Å²) in [4.78, 5) is 14.1. The molecule has 0 aliphatic carbocycles. The molecule has 1 saturated heterocycles. The molecule has 0 saturated carbocycles. The zero-order valence-electron chi connectivity index (χ0n) is 11.8. The number of benzene rings is 1. The lowest BCUT2D eigenvalue weighted by atomic mass is 9.94. The van der Waals surface area contributed by atoms with Crippen molar-refractivity contribution in [2.75, 3.05) is 19.6 Å². The van der Waals surface area contributed by atoms with Crippen LogP contribution < -0.4 is 5.73 Å². The summed E-state index contributed by atoms with van der Waals surface area (Å²) in [6.45, 7) is 3.92. The molecule has 20 heavy (non-hydrogen) atoms. The second-order valence-electron chi connectivity index (χ2n) is 5.32. The predicted molar refractivity (Wildman–Crippen MR) is 80.7 cm³/mol. The van der Waals surface area contributed by atoms with Crippen LogP contribution in [0.15, 0.2) is 18.2 Å². The number of piperidine rings is 1. The summed E-state index contributed by atoms with van der Waals surface area (Å²) in [5.74, 6) is -0.171. The highest BCUT2D eigenvalue weighted by molar-refractivity contribution is 5.94. The van der Waals surface area contributed by atoms with Gasteiger partial charge in [0.1, 0.15) is 5.82 Å². The zero-order chi connectivity index (χ0) is 13.8. The molecule has 1 fully saturated rings. The Morgan fingerprint density at radius 1 is 1.50 bits per heavy atom. The van der Waals surface area contributed by atoms with Gasteiger partial charge in [-0.15, -0.1) is 12.4 Å². The molecular weight excluding hydrogens is 279 g/mol. The number of aryl methyl sites for hydroxylation is 1. The maximum atomic E-state index is 13.8. The third-order valence-corrected chi connectivity index (χ3v) is 3.73. The average molecular weight is 301 g/mol. The summed E-state index contributed by atoms with van der Waals surface area (Å²) in [6, 6.07) is 4.67. The summed E-state index contributed by atoms with van der Waals surface area (Å²) < 4.78 is 13.8. The van der Waals surface area contributed by atoms with Crippen LogP contribution >= 0.6 is 12.4 Å². The van der Waals surface area contributed by atoms with Gasteiger partial charge in [0.25, 0.3) is 5.91 Å². The number of amides is 1. The van der Waals surface area contributed by atoms with Crippen molar-refractivity contribution >= 4 is 18.3 Å². The topological polar surface area (TPSA) is 46.3 Å². The normalized spacial score (nSPS) is 18.6. The molecule has 0 aromatic heterocycles. The third kappa shape index (κ3) is 3.93. The van der Waals surface area contributed by atoms with Crippen molar-refractivity contribution in [3.63, 3.8) is 0 Å². The number of hydrogen-bond acceptors (Lipinski definition) is 2. The zero-order valence-corrected chi connectivity index (χ0v) is 12.6. The summed E-state index contributed by atoms with van der Waals surface area (Å²) in [6.07, 6.45) is 3.02. The number of likely N-dealkylation sites (tertiary alicyclic amines) is 1. The van der Waals surface area contributed by atoms with Gasteiger partial charge >= 0.3 is 0 Å². The van der Waals surface area contributed by atoms with Crippen molar-refractivity contribution in [1.29, 1.82) is 0 Å². The molecule has 3 nitrogen and oxygen atoms in total. The van der Waals surface area contributed by atoms with E-state index < -0.39 is 5.82 Å². The standard InChI is InChI=1S/C15H21FN2O.ClH/c1-11-4-5-14(16)13(9-11)15(19)18-8-2-3-12(10-18)6-7-17;/h4-5,9,12H,2-3,6-8,10,17H2,1H3;1H. The molecule has 112 valence electrons. The molecule has 1 unspecified atom stereocenters. The number of nitrogens with zero attached hydrogens (tertiary/aromatic N) is 1. The molecule has 1 aromatic carbocycles. The summed E-state index contributed by atoms with van der Waals surface area (Å²) in [7, 11) is 0. The number of carbonyl (C=O) groups excluding carboxylic acids is 1. The molecule has 5 heteroatoms. The van der Waals surface area contributed by atoms with Gasteiger partial charge in [0.2, 0.25) is 0 Å². The quantitative estimate of drug-likeness (QED) is 0.933. The van der Waals surface area contributed by atoms with Crippen LogP contribution in [-0.4, -0.2) is 30.4 Å². The smallest absolute Gasteiger partial charge is 0.256 e. The molecule has 0 bridgehead atoms. The second kappa shape index (κ2) is 7.60. The average Bonchev–Trinajstić information content (AvgIpc) is 2.41. The molecule has 1 aliphatic rings. The van der Waals surface area contributed by atoms with Crippen LogP contribution in [0.1, 0.15) is 35.2 Å². The maximum absolute atomic E-state index is 13.8. The van der Waals surface area contributed by atoms with E-state index in [1.54, 1.807) is 17.0 Å². The first-order valence-corrected chi connectivity index (χ1v) is 6.87. The highest BCUT2D eigenvalue weighted by Gasteiger charge is 2.25. The maximum Gasteiger partial charge on any atom is 0.256 e. The Bertz CT molecular complexity index is 465. The van der Waals surface area contributed by atoms with E-state index in [0.29, 0.717) is 25.6 Å². The lowest BCUT2D eigenvalue weighted by Gasteiger charge is -2.32. The van der Waals surface area contributed by atoms with Gasteiger partial charge in [0, 0.05) is 13.1 Å². The fraction of sp³-hybridized carbons (Fsp3) is 0.533. The van der Waals surface area contributed by atoms with E-state index in [1.165, 1.54) is 6.07 Å². The van der Waals surface area contributed by atoms with E-state index in [2.05, 4.69) is 0 Å². The first-order chi connectivity index (χ1) is 9.11. The van der Waals surface area contributed by atoms with E-state index >= 15 is 0 Å². The molecule has 1 amide bonds. The lowest BCUT2D eigenvalue weighted by molar-refractivity contribution is 0.0664. The Hall–Kier alpha value is -1.13. The van der Waals surface area contributed by atoms with Crippen molar-refractivity contribution in [3.8, 4) is 0 Å². The summed E-state index contributed by atoms with van der Waals surface area (Å²) in [5, 5.41) is 0. The first-order valence-electron chi connectivity index (χ1n) is 6.87. The molecule has 1 aromatic rings. The van der Waals surface area contributed by atoms with Crippen LogP contribution in [0.3, 0.4) is 0 Å². The van der Waals surface area contributed by atoms with Gasteiger partial charge in [-0.05, 0) is 50.8 Å². The number of nitrogens with two attached hydrogens (primary N) is 1. The lowest BCUT2D eigenvalue weighted by Crippen LogP contribution is -2.40. The largest absolute Gasteiger partial charge is 0.338 e. The van der Waals surface area contributed by atoms with E-state index in [4.69, 9.17) is 5.73 Å². The Balaban J connectivity index is 0.00000200. The van der Waals surface area contributed by atoms with Crippen LogP contribution in [0, 0.1) is 18.7 Å². The van der Waals surface area contributed by atoms with Crippen LogP contribution in [0.2, 0.25) is 0 Å². The van der Waals surface area contributed by atoms with Crippen LogP contribution in [0.25, 0.3) is 0 Å². The molecule has 1 heterocycles. The van der Waals surface area contributed by atoms with Crippen LogP contribution in [0.5, 0.6) is 0 Å². The molecule has 1 aliphatic heterocycles. The highest BCUT2D eigenvalue weighted by Crippen LogP contribution is 2.22.